The van der Waals surface area contributed by atoms with Gasteiger partial charge in [-0.1, -0.05) is 64.5 Å². The molecule has 0 aliphatic carbocycles. The number of carbonyl (C=O) groups excluding carboxylic acids is 1. The molecule has 0 spiro atoms. The molecule has 0 radical (unpaired) electrons. The number of amides is 1. The minimum atomic E-state index is -3.03. The standard InChI is InChI=1S/C32H28BrF2N2O4P/c1-19-27(23-17-21(33)11-12-25(23)36-28(19)20-7-3-2-4-8-20)29(38)37-32-13-15-42(16-14-32,31(39)40)18-24(32)22-9-5-6-10-26(22)41-30(34)35/h2-12,17,24,30H,13-16,18H2,1H3,(H-,37,38,39,40)/p+1. The van der Waals surface area contributed by atoms with Crippen molar-refractivity contribution in [3.05, 3.63) is 94.0 Å². The predicted octanol–water partition coefficient (Wildman–Crippen LogP) is 8.33. The molecule has 42 heavy (non-hydrogen) atoms. The van der Waals surface area contributed by atoms with Gasteiger partial charge in [0, 0.05) is 39.7 Å². The lowest BCUT2D eigenvalue weighted by molar-refractivity contribution is -0.0509. The van der Waals surface area contributed by atoms with E-state index < -0.39 is 31.0 Å². The van der Waals surface area contributed by atoms with Gasteiger partial charge < -0.3 is 15.2 Å². The zero-order chi connectivity index (χ0) is 29.6. The fraction of sp³-hybridized carbons (Fsp3) is 0.281. The minimum Gasteiger partial charge on any atom is -0.452 e. The highest BCUT2D eigenvalue weighted by molar-refractivity contribution is 9.10. The van der Waals surface area contributed by atoms with E-state index in [-0.39, 0.29) is 11.7 Å². The number of carboxylic acid groups (broad SMARTS) is 1. The highest BCUT2D eigenvalue weighted by Crippen LogP contribution is 2.72. The molecular weight excluding hydrogens is 625 g/mol. The number of pyridine rings is 1. The van der Waals surface area contributed by atoms with Gasteiger partial charge in [-0.25, -0.2) is 9.78 Å². The van der Waals surface area contributed by atoms with Crippen LogP contribution < -0.4 is 10.1 Å². The lowest BCUT2D eigenvalue weighted by atomic mass is 9.74. The van der Waals surface area contributed by atoms with Crippen LogP contribution in [0.2, 0.25) is 0 Å². The molecule has 3 saturated heterocycles. The van der Waals surface area contributed by atoms with Gasteiger partial charge in [-0.15, -0.1) is 0 Å². The zero-order valence-electron chi connectivity index (χ0n) is 22.8. The monoisotopic (exact) mass is 653 g/mol. The summed E-state index contributed by atoms with van der Waals surface area (Å²) in [6, 6.07) is 21.9. The van der Waals surface area contributed by atoms with Crippen molar-refractivity contribution < 1.29 is 28.2 Å². The molecule has 0 saturated carbocycles. The number of ether oxygens (including phenoxy) is 1. The second kappa shape index (κ2) is 11.0. The first-order valence-corrected chi connectivity index (χ1v) is 16.9. The number of hydrogen-bond acceptors (Lipinski definition) is 4. The summed E-state index contributed by atoms with van der Waals surface area (Å²) in [6.07, 6.45) is 2.21. The molecule has 1 amide bonds. The molecule has 3 fully saturated rings. The van der Waals surface area contributed by atoms with E-state index in [1.165, 1.54) is 6.07 Å². The molecule has 3 aromatic carbocycles. The molecule has 2 bridgehead atoms. The number of carbonyl (C=O) groups is 2. The molecule has 3 aliphatic rings. The maximum Gasteiger partial charge on any atom is 0.448 e. The van der Waals surface area contributed by atoms with Gasteiger partial charge in [-0.3, -0.25) is 4.79 Å². The van der Waals surface area contributed by atoms with Crippen LogP contribution in [-0.4, -0.2) is 52.3 Å². The molecule has 1 atom stereocenters. The van der Waals surface area contributed by atoms with Crippen LogP contribution in [0.15, 0.2) is 77.3 Å². The van der Waals surface area contributed by atoms with Crippen molar-refractivity contribution in [1.82, 2.24) is 10.3 Å². The second-order valence-electron chi connectivity index (χ2n) is 11.1. The van der Waals surface area contributed by atoms with E-state index in [0.717, 1.165) is 15.6 Å². The van der Waals surface area contributed by atoms with E-state index in [9.17, 15) is 23.5 Å². The van der Waals surface area contributed by atoms with Crippen LogP contribution in [0.1, 0.15) is 40.2 Å². The van der Waals surface area contributed by atoms with Gasteiger partial charge in [0.15, 0.2) is 0 Å². The summed E-state index contributed by atoms with van der Waals surface area (Å²) >= 11 is 3.53. The van der Waals surface area contributed by atoms with Crippen LogP contribution >= 0.6 is 23.2 Å². The van der Waals surface area contributed by atoms with Gasteiger partial charge in [0.25, 0.3) is 5.91 Å². The first-order chi connectivity index (χ1) is 20.1. The highest BCUT2D eigenvalue weighted by atomic mass is 79.9. The van der Waals surface area contributed by atoms with E-state index >= 15 is 0 Å². The molecule has 7 rings (SSSR count). The van der Waals surface area contributed by atoms with Crippen molar-refractivity contribution in [2.45, 2.75) is 37.8 Å². The van der Waals surface area contributed by atoms with Crippen LogP contribution in [0.4, 0.5) is 13.6 Å². The van der Waals surface area contributed by atoms with Crippen molar-refractivity contribution in [3.8, 4) is 17.0 Å². The fourth-order valence-electron chi connectivity index (χ4n) is 6.76. The first-order valence-electron chi connectivity index (χ1n) is 13.7. The molecule has 3 aliphatic heterocycles. The van der Waals surface area contributed by atoms with Crippen molar-refractivity contribution >= 4 is 45.7 Å². The van der Waals surface area contributed by atoms with Crippen molar-refractivity contribution in [2.24, 2.45) is 0 Å². The quantitative estimate of drug-likeness (QED) is 0.196. The fourth-order valence-corrected chi connectivity index (χ4v) is 11.1. The summed E-state index contributed by atoms with van der Waals surface area (Å²) in [5, 5.41) is 14.3. The van der Waals surface area contributed by atoms with Gasteiger partial charge in [-0.2, -0.15) is 8.78 Å². The molecule has 2 N–H and O–H groups in total. The van der Waals surface area contributed by atoms with Gasteiger partial charge in [0.05, 0.1) is 40.8 Å². The van der Waals surface area contributed by atoms with E-state index in [1.807, 2.05) is 55.5 Å². The third-order valence-corrected chi connectivity index (χ3v) is 13.4. The third kappa shape index (κ3) is 4.96. The summed E-state index contributed by atoms with van der Waals surface area (Å²) in [4.78, 5) is 31.9. The number of fused-ring (bicyclic) bond motifs is 4. The Morgan fingerprint density at radius 3 is 2.45 bits per heavy atom. The Bertz CT molecular complexity index is 1690. The summed E-state index contributed by atoms with van der Waals surface area (Å²) < 4.78 is 32.5. The Hall–Kier alpha value is -3.42. The molecular formula is C32H29BrF2N2O4P+. The molecule has 4 aromatic rings. The molecule has 1 unspecified atom stereocenters. The number of nitrogens with one attached hydrogen (secondary N) is 1. The topological polar surface area (TPSA) is 88.5 Å². The average molecular weight is 654 g/mol. The Morgan fingerprint density at radius 2 is 1.76 bits per heavy atom. The number of halogens is 3. The summed E-state index contributed by atoms with van der Waals surface area (Å²) in [6.45, 7) is -1.14. The predicted molar refractivity (Wildman–Crippen MR) is 164 cm³/mol. The average Bonchev–Trinajstić information content (AvgIpc) is 2.97. The number of benzene rings is 3. The largest absolute Gasteiger partial charge is 0.452 e. The second-order valence-corrected chi connectivity index (χ2v) is 16.0. The van der Waals surface area contributed by atoms with Crippen LogP contribution in [0.5, 0.6) is 5.75 Å². The maximum absolute atomic E-state index is 14.5. The SMILES string of the molecule is Cc1c(-c2ccccc2)nc2ccc(Br)cc2c1C(=O)NC12CC[P+](C(=O)O)(CC1)CC2c1ccccc1OC(F)F. The number of para-hydroxylation sites is 1. The van der Waals surface area contributed by atoms with Crippen LogP contribution in [-0.2, 0) is 0 Å². The lowest BCUT2D eigenvalue weighted by Crippen LogP contribution is -2.61. The minimum absolute atomic E-state index is 0.0178. The van der Waals surface area contributed by atoms with Gasteiger partial charge in [-0.05, 0) is 36.8 Å². The molecule has 1 aromatic heterocycles. The highest BCUT2D eigenvalue weighted by Gasteiger charge is 2.64. The Kier molecular flexibility index (Phi) is 7.52. The maximum atomic E-state index is 14.5. The zero-order valence-corrected chi connectivity index (χ0v) is 25.3. The Labute approximate surface area is 251 Å². The smallest absolute Gasteiger partial charge is 0.448 e. The normalized spacial score (nSPS) is 23.2. The number of hydrogen-bond donors (Lipinski definition) is 2. The molecule has 4 heterocycles. The number of alkyl halides is 2. The Morgan fingerprint density at radius 1 is 1.07 bits per heavy atom. The van der Waals surface area contributed by atoms with Crippen LogP contribution in [0.25, 0.3) is 22.2 Å². The van der Waals surface area contributed by atoms with Crippen LogP contribution in [0, 0.1) is 6.92 Å². The van der Waals surface area contributed by atoms with E-state index in [0.29, 0.717) is 59.1 Å². The van der Waals surface area contributed by atoms with Gasteiger partial charge >= 0.3 is 12.3 Å². The number of aromatic nitrogens is 1. The lowest BCUT2D eigenvalue weighted by Gasteiger charge is -2.52. The summed E-state index contributed by atoms with van der Waals surface area (Å²) in [7, 11) is -2.41. The van der Waals surface area contributed by atoms with E-state index in [1.54, 1.807) is 18.2 Å². The van der Waals surface area contributed by atoms with Gasteiger partial charge in [0.2, 0.25) is 0 Å². The summed E-state index contributed by atoms with van der Waals surface area (Å²) in [5.74, 6) is -0.767. The first kappa shape index (κ1) is 28.7. The Balaban J connectivity index is 1.47. The van der Waals surface area contributed by atoms with Crippen molar-refractivity contribution in [1.29, 1.82) is 0 Å². The van der Waals surface area contributed by atoms with Crippen molar-refractivity contribution in [2.75, 3.05) is 18.5 Å². The molecule has 10 heteroatoms. The number of nitrogens with zero attached hydrogens (tertiary/aromatic N) is 1. The molecule has 216 valence electrons. The van der Waals surface area contributed by atoms with Crippen LogP contribution in [0.3, 0.4) is 0 Å². The van der Waals surface area contributed by atoms with Gasteiger partial charge in [0.1, 0.15) is 13.0 Å². The summed E-state index contributed by atoms with van der Waals surface area (Å²) in [5.41, 5.74) is 2.35. The third-order valence-electron chi connectivity index (χ3n) is 8.91. The van der Waals surface area contributed by atoms with E-state index in [2.05, 4.69) is 21.2 Å². The molecule has 6 nitrogen and oxygen atoms in total. The van der Waals surface area contributed by atoms with E-state index in [4.69, 9.17) is 9.72 Å². The number of rotatable bonds is 7. The van der Waals surface area contributed by atoms with Crippen molar-refractivity contribution in [3.63, 3.8) is 0 Å².